The van der Waals surface area contributed by atoms with Gasteiger partial charge in [-0.2, -0.15) is 0 Å². The molecule has 2 heterocycles. The highest BCUT2D eigenvalue weighted by atomic mass is 16.5. The molecule has 0 saturated heterocycles. The smallest absolute Gasteiger partial charge is 0.343 e. The molecule has 1 aliphatic rings. The number of ether oxygens (including phenoxy) is 1. The SMILES string of the molecule is CN(C)CC1CC(n2cc(-c3cccc(OC(=O)c4ccccc4)c3)c3c(N)ncnc32)C1. The molecule has 2 N–H and O–H groups in total. The quantitative estimate of drug-likeness (QED) is 0.352. The number of esters is 1. The number of fused-ring (bicyclic) bond motifs is 1. The molecule has 7 nitrogen and oxygen atoms in total. The second kappa shape index (κ2) is 8.67. The predicted octanol–water partition coefficient (Wildman–Crippen LogP) is 4.41. The Morgan fingerprint density at radius 3 is 2.67 bits per heavy atom. The van der Waals surface area contributed by atoms with Gasteiger partial charge < -0.3 is 19.9 Å². The molecule has 2 aromatic heterocycles. The number of nitrogen functional groups attached to an aromatic ring is 1. The zero-order valence-electron chi connectivity index (χ0n) is 18.8. The van der Waals surface area contributed by atoms with Gasteiger partial charge in [-0.05, 0) is 62.7 Å². The van der Waals surface area contributed by atoms with Gasteiger partial charge >= 0.3 is 5.97 Å². The Morgan fingerprint density at radius 2 is 1.91 bits per heavy atom. The van der Waals surface area contributed by atoms with Crippen molar-refractivity contribution in [1.29, 1.82) is 0 Å². The third-order valence-electron chi connectivity index (χ3n) is 6.23. The van der Waals surface area contributed by atoms with Crippen LogP contribution in [0.2, 0.25) is 0 Å². The summed E-state index contributed by atoms with van der Waals surface area (Å²) in [6, 6.07) is 16.9. The lowest BCUT2D eigenvalue weighted by atomic mass is 9.80. The van der Waals surface area contributed by atoms with Gasteiger partial charge in [0.15, 0.2) is 0 Å². The normalized spacial score (nSPS) is 17.8. The molecule has 5 rings (SSSR count). The average Bonchev–Trinajstić information content (AvgIpc) is 3.17. The van der Waals surface area contributed by atoms with Crippen molar-refractivity contribution in [2.24, 2.45) is 5.92 Å². The van der Waals surface area contributed by atoms with Crippen LogP contribution in [0, 0.1) is 5.92 Å². The van der Waals surface area contributed by atoms with E-state index in [1.165, 1.54) is 6.33 Å². The van der Waals surface area contributed by atoms with Crippen LogP contribution in [0.4, 0.5) is 5.82 Å². The van der Waals surface area contributed by atoms with E-state index in [9.17, 15) is 4.79 Å². The summed E-state index contributed by atoms with van der Waals surface area (Å²) in [5, 5.41) is 0.833. The van der Waals surface area contributed by atoms with Gasteiger partial charge in [0, 0.05) is 24.3 Å². The minimum absolute atomic E-state index is 0.389. The van der Waals surface area contributed by atoms with Gasteiger partial charge in [0.25, 0.3) is 0 Å². The van der Waals surface area contributed by atoms with E-state index < -0.39 is 0 Å². The Labute approximate surface area is 192 Å². The van der Waals surface area contributed by atoms with E-state index in [1.54, 1.807) is 18.2 Å². The first-order valence-corrected chi connectivity index (χ1v) is 11.1. The second-order valence-corrected chi connectivity index (χ2v) is 8.94. The monoisotopic (exact) mass is 441 g/mol. The van der Waals surface area contributed by atoms with Crippen LogP contribution in [0.15, 0.2) is 67.1 Å². The van der Waals surface area contributed by atoms with E-state index in [0.717, 1.165) is 41.5 Å². The van der Waals surface area contributed by atoms with E-state index >= 15 is 0 Å². The van der Waals surface area contributed by atoms with E-state index in [-0.39, 0.29) is 5.97 Å². The fraction of sp³-hybridized carbons (Fsp3) is 0.269. The predicted molar refractivity (Wildman–Crippen MR) is 129 cm³/mol. The summed E-state index contributed by atoms with van der Waals surface area (Å²) in [5.41, 5.74) is 9.50. The third-order valence-corrected chi connectivity index (χ3v) is 6.23. The van der Waals surface area contributed by atoms with Crippen molar-refractivity contribution in [2.45, 2.75) is 18.9 Å². The number of hydrogen-bond acceptors (Lipinski definition) is 6. The summed E-state index contributed by atoms with van der Waals surface area (Å²) >= 11 is 0. The van der Waals surface area contributed by atoms with Gasteiger partial charge in [-0.15, -0.1) is 0 Å². The molecule has 0 aliphatic heterocycles. The molecule has 0 bridgehead atoms. The lowest BCUT2D eigenvalue weighted by Gasteiger charge is -2.38. The number of aromatic nitrogens is 3. The van der Waals surface area contributed by atoms with Crippen LogP contribution in [-0.4, -0.2) is 46.0 Å². The summed E-state index contributed by atoms with van der Waals surface area (Å²) in [5.74, 6) is 1.22. The fourth-order valence-corrected chi connectivity index (χ4v) is 4.67. The molecular formula is C26H27N5O2. The number of carbonyl (C=O) groups is 1. The van der Waals surface area contributed by atoms with Gasteiger partial charge in [-0.25, -0.2) is 14.8 Å². The molecule has 0 amide bonds. The van der Waals surface area contributed by atoms with Crippen LogP contribution >= 0.6 is 0 Å². The molecule has 33 heavy (non-hydrogen) atoms. The Balaban J connectivity index is 1.47. The van der Waals surface area contributed by atoms with E-state index in [4.69, 9.17) is 10.5 Å². The molecule has 1 saturated carbocycles. The minimum Gasteiger partial charge on any atom is -0.423 e. The Morgan fingerprint density at radius 1 is 1.12 bits per heavy atom. The van der Waals surface area contributed by atoms with E-state index in [1.807, 2.05) is 36.4 Å². The molecule has 7 heteroatoms. The molecule has 0 atom stereocenters. The number of rotatable bonds is 6. The molecular weight excluding hydrogens is 414 g/mol. The Hall–Kier alpha value is -3.71. The van der Waals surface area contributed by atoms with Crippen molar-refractivity contribution < 1.29 is 9.53 Å². The summed E-state index contributed by atoms with van der Waals surface area (Å²) in [6.07, 6.45) is 5.86. The summed E-state index contributed by atoms with van der Waals surface area (Å²) < 4.78 is 7.86. The highest BCUT2D eigenvalue weighted by Crippen LogP contribution is 2.43. The molecule has 4 aromatic rings. The highest BCUT2D eigenvalue weighted by molar-refractivity contribution is 6.01. The zero-order chi connectivity index (χ0) is 22.9. The molecule has 0 unspecified atom stereocenters. The number of anilines is 1. The standard InChI is InChI=1S/C26H27N5O2/c1-30(2)14-17-11-20(12-17)31-15-22(23-24(27)28-16-29-25(23)31)19-9-6-10-21(13-19)33-26(32)18-7-4-3-5-8-18/h3-10,13,15-17,20H,11-12,14H2,1-2H3,(H2,27,28,29). The van der Waals surface area contributed by atoms with Crippen molar-refractivity contribution in [3.63, 3.8) is 0 Å². The van der Waals surface area contributed by atoms with Crippen LogP contribution in [0.25, 0.3) is 22.2 Å². The molecule has 0 radical (unpaired) electrons. The van der Waals surface area contributed by atoms with Crippen LogP contribution in [0.1, 0.15) is 29.2 Å². The van der Waals surface area contributed by atoms with Gasteiger partial charge in [0.05, 0.1) is 10.9 Å². The lowest BCUT2D eigenvalue weighted by molar-refractivity contribution is 0.0735. The molecule has 1 aliphatic carbocycles. The first-order valence-electron chi connectivity index (χ1n) is 11.1. The van der Waals surface area contributed by atoms with Crippen molar-refractivity contribution >= 4 is 22.8 Å². The number of nitrogens with zero attached hydrogens (tertiary/aromatic N) is 4. The van der Waals surface area contributed by atoms with Crippen molar-refractivity contribution in [3.05, 3.63) is 72.7 Å². The summed E-state index contributed by atoms with van der Waals surface area (Å²) in [4.78, 5) is 23.5. The maximum atomic E-state index is 12.5. The number of hydrogen-bond donors (Lipinski definition) is 1. The topological polar surface area (TPSA) is 86.3 Å². The zero-order valence-corrected chi connectivity index (χ0v) is 18.8. The van der Waals surface area contributed by atoms with Gasteiger partial charge in [-0.1, -0.05) is 30.3 Å². The minimum atomic E-state index is -0.389. The maximum absolute atomic E-state index is 12.5. The number of benzene rings is 2. The average molecular weight is 442 g/mol. The Kier molecular flexibility index (Phi) is 5.56. The van der Waals surface area contributed by atoms with Crippen LogP contribution in [0.3, 0.4) is 0 Å². The van der Waals surface area contributed by atoms with Crippen LogP contribution in [-0.2, 0) is 0 Å². The van der Waals surface area contributed by atoms with Crippen molar-refractivity contribution in [3.8, 4) is 16.9 Å². The van der Waals surface area contributed by atoms with Crippen LogP contribution < -0.4 is 10.5 Å². The number of carbonyl (C=O) groups excluding carboxylic acids is 1. The van der Waals surface area contributed by atoms with Crippen molar-refractivity contribution in [2.75, 3.05) is 26.4 Å². The molecule has 168 valence electrons. The molecule has 1 fully saturated rings. The largest absolute Gasteiger partial charge is 0.423 e. The second-order valence-electron chi connectivity index (χ2n) is 8.94. The van der Waals surface area contributed by atoms with E-state index in [0.29, 0.717) is 29.1 Å². The summed E-state index contributed by atoms with van der Waals surface area (Å²) in [7, 11) is 4.23. The van der Waals surface area contributed by atoms with Gasteiger partial charge in [0.1, 0.15) is 23.5 Å². The fourth-order valence-electron chi connectivity index (χ4n) is 4.67. The first-order chi connectivity index (χ1) is 16.0. The summed E-state index contributed by atoms with van der Waals surface area (Å²) in [6.45, 7) is 1.09. The third kappa shape index (κ3) is 4.19. The van der Waals surface area contributed by atoms with Crippen LogP contribution in [0.5, 0.6) is 5.75 Å². The molecule has 0 spiro atoms. The highest BCUT2D eigenvalue weighted by Gasteiger charge is 2.32. The maximum Gasteiger partial charge on any atom is 0.343 e. The van der Waals surface area contributed by atoms with Gasteiger partial charge in [0.2, 0.25) is 0 Å². The lowest BCUT2D eigenvalue weighted by Crippen LogP contribution is -2.33. The van der Waals surface area contributed by atoms with Gasteiger partial charge in [-0.3, -0.25) is 0 Å². The van der Waals surface area contributed by atoms with E-state index in [2.05, 4.69) is 39.7 Å². The van der Waals surface area contributed by atoms with Crippen molar-refractivity contribution in [1.82, 2.24) is 19.4 Å². The molecule has 2 aromatic carbocycles. The number of nitrogens with two attached hydrogens (primary N) is 1. The Bertz CT molecular complexity index is 1290. The first kappa shape index (κ1) is 21.2.